The summed E-state index contributed by atoms with van der Waals surface area (Å²) in [5.74, 6) is 0.912. The van der Waals surface area contributed by atoms with Gasteiger partial charge < -0.3 is 10.1 Å². The molecule has 0 radical (unpaired) electrons. The summed E-state index contributed by atoms with van der Waals surface area (Å²) in [6.45, 7) is 6.23. The molecule has 0 aliphatic carbocycles. The molecule has 4 heteroatoms. The zero-order chi connectivity index (χ0) is 15.7. The second-order valence-corrected chi connectivity index (χ2v) is 7.14. The molecule has 2 aromatic rings. The molecule has 1 N–H and O–H groups in total. The van der Waals surface area contributed by atoms with Gasteiger partial charge in [-0.2, -0.15) is 0 Å². The van der Waals surface area contributed by atoms with Gasteiger partial charge in [-0.25, -0.2) is 0 Å². The lowest BCUT2D eigenvalue weighted by atomic mass is 10.1. The smallest absolute Gasteiger partial charge is 0.128 e. The number of benzene rings is 1. The second kappa shape index (κ2) is 5.69. The maximum Gasteiger partial charge on any atom is 0.128 e. The summed E-state index contributed by atoms with van der Waals surface area (Å²) in [4.78, 5) is 5.65. The molecular formula is C18H20N2OS. The van der Waals surface area contributed by atoms with Crippen molar-refractivity contribution >= 4 is 23.5 Å². The van der Waals surface area contributed by atoms with Crippen LogP contribution >= 0.6 is 11.8 Å². The minimum atomic E-state index is -0.157. The van der Waals surface area contributed by atoms with Gasteiger partial charge in [0.05, 0.1) is 12.8 Å². The molecule has 1 aromatic carbocycles. The van der Waals surface area contributed by atoms with Gasteiger partial charge in [0.25, 0.3) is 0 Å². The normalized spacial score (nSPS) is 20.0. The van der Waals surface area contributed by atoms with Gasteiger partial charge >= 0.3 is 0 Å². The monoisotopic (exact) mass is 312 g/mol. The Balaban J connectivity index is 1.87. The molecule has 0 fully saturated rings. The third kappa shape index (κ3) is 2.71. The van der Waals surface area contributed by atoms with E-state index in [1.165, 1.54) is 10.6 Å². The number of aryl methyl sites for hydroxylation is 1. The molecule has 3 rings (SSSR count). The van der Waals surface area contributed by atoms with Gasteiger partial charge in [0.15, 0.2) is 0 Å². The predicted octanol–water partition coefficient (Wildman–Crippen LogP) is 4.65. The quantitative estimate of drug-likeness (QED) is 0.894. The number of anilines is 1. The lowest BCUT2D eigenvalue weighted by Gasteiger charge is -2.19. The molecule has 3 nitrogen and oxygen atoms in total. The molecule has 1 aromatic heterocycles. The largest absolute Gasteiger partial charge is 0.496 e. The number of hydrogen-bond acceptors (Lipinski definition) is 4. The van der Waals surface area contributed by atoms with Gasteiger partial charge in [-0.1, -0.05) is 23.9 Å². The van der Waals surface area contributed by atoms with Crippen LogP contribution in [0.3, 0.4) is 0 Å². The number of ether oxygens (including phenoxy) is 1. The van der Waals surface area contributed by atoms with Crippen LogP contribution in [-0.4, -0.2) is 17.0 Å². The van der Waals surface area contributed by atoms with Crippen LogP contribution in [-0.2, 0) is 0 Å². The Bertz CT molecular complexity index is 715. The molecule has 0 saturated carbocycles. The Morgan fingerprint density at radius 3 is 2.77 bits per heavy atom. The fraction of sp³-hybridized carbons (Fsp3) is 0.278. The Morgan fingerprint density at radius 2 is 2.05 bits per heavy atom. The van der Waals surface area contributed by atoms with Gasteiger partial charge in [0.2, 0.25) is 0 Å². The summed E-state index contributed by atoms with van der Waals surface area (Å²) >= 11 is 1.82. The summed E-state index contributed by atoms with van der Waals surface area (Å²) in [6.07, 6.45) is 6.10. The van der Waals surface area contributed by atoms with Crippen molar-refractivity contribution in [2.45, 2.75) is 30.5 Å². The van der Waals surface area contributed by atoms with E-state index < -0.39 is 0 Å². The van der Waals surface area contributed by atoms with Crippen LogP contribution in [0.25, 0.3) is 6.08 Å². The molecule has 0 saturated heterocycles. The van der Waals surface area contributed by atoms with Crippen LogP contribution in [0.5, 0.6) is 5.75 Å². The number of thioether (sulfide) groups is 1. The molecule has 0 spiro atoms. The molecule has 114 valence electrons. The summed E-state index contributed by atoms with van der Waals surface area (Å²) in [6, 6.07) is 8.38. The first-order valence-electron chi connectivity index (χ1n) is 7.28. The van der Waals surface area contributed by atoms with E-state index in [0.29, 0.717) is 0 Å². The Kier molecular flexibility index (Phi) is 3.87. The van der Waals surface area contributed by atoms with Crippen LogP contribution in [0, 0.1) is 13.8 Å². The lowest BCUT2D eigenvalue weighted by molar-refractivity contribution is 0.407. The van der Waals surface area contributed by atoms with Crippen LogP contribution < -0.4 is 10.1 Å². The van der Waals surface area contributed by atoms with Crippen molar-refractivity contribution in [1.82, 2.24) is 4.98 Å². The highest BCUT2D eigenvalue weighted by atomic mass is 32.2. The second-order valence-electron chi connectivity index (χ2n) is 5.65. The van der Waals surface area contributed by atoms with E-state index in [1.54, 1.807) is 7.11 Å². The number of methoxy groups -OCH3 is 1. The van der Waals surface area contributed by atoms with E-state index >= 15 is 0 Å². The Morgan fingerprint density at radius 1 is 1.27 bits per heavy atom. The average Bonchev–Trinajstić information content (AvgIpc) is 2.83. The molecule has 1 aliphatic heterocycles. The molecule has 0 bridgehead atoms. The van der Waals surface area contributed by atoms with Crippen molar-refractivity contribution in [1.29, 1.82) is 0 Å². The zero-order valence-electron chi connectivity index (χ0n) is 13.3. The van der Waals surface area contributed by atoms with Crippen LogP contribution in [0.1, 0.15) is 23.7 Å². The van der Waals surface area contributed by atoms with Crippen molar-refractivity contribution in [3.63, 3.8) is 0 Å². The maximum atomic E-state index is 5.47. The van der Waals surface area contributed by atoms with E-state index in [4.69, 9.17) is 4.74 Å². The van der Waals surface area contributed by atoms with Crippen molar-refractivity contribution in [2.75, 3.05) is 12.4 Å². The highest BCUT2D eigenvalue weighted by molar-refractivity contribution is 8.01. The number of aromatic nitrogens is 1. The number of para-hydroxylation sites is 1. The van der Waals surface area contributed by atoms with E-state index in [0.717, 1.165) is 22.6 Å². The molecule has 0 amide bonds. The third-order valence-electron chi connectivity index (χ3n) is 3.84. The summed E-state index contributed by atoms with van der Waals surface area (Å²) in [5.41, 5.74) is 4.26. The lowest BCUT2D eigenvalue weighted by Crippen LogP contribution is -2.23. The number of pyridine rings is 1. The average molecular weight is 312 g/mol. The van der Waals surface area contributed by atoms with Crippen LogP contribution in [0.15, 0.2) is 41.4 Å². The highest BCUT2D eigenvalue weighted by Gasteiger charge is 2.30. The minimum Gasteiger partial charge on any atom is -0.496 e. The van der Waals surface area contributed by atoms with E-state index in [9.17, 15) is 0 Å². The number of nitrogens with one attached hydrogen (secondary N) is 1. The first-order valence-corrected chi connectivity index (χ1v) is 8.10. The van der Waals surface area contributed by atoms with Gasteiger partial charge in [0, 0.05) is 27.9 Å². The number of nitrogens with zero attached hydrogens (tertiary/aromatic N) is 1. The summed E-state index contributed by atoms with van der Waals surface area (Å²) in [5, 5.41) is 3.56. The van der Waals surface area contributed by atoms with Crippen molar-refractivity contribution in [3.8, 4) is 5.75 Å². The predicted molar refractivity (Wildman–Crippen MR) is 93.6 cm³/mol. The number of rotatable bonds is 3. The third-order valence-corrected chi connectivity index (χ3v) is 5.07. The maximum absolute atomic E-state index is 5.47. The van der Waals surface area contributed by atoms with Crippen molar-refractivity contribution in [3.05, 3.63) is 53.4 Å². The topological polar surface area (TPSA) is 34.1 Å². The Labute approximate surface area is 135 Å². The fourth-order valence-electron chi connectivity index (χ4n) is 2.71. The van der Waals surface area contributed by atoms with Crippen molar-refractivity contribution < 1.29 is 4.74 Å². The molecular weight excluding hydrogens is 292 g/mol. The van der Waals surface area contributed by atoms with Gasteiger partial charge in [-0.05, 0) is 45.1 Å². The first kappa shape index (κ1) is 15.0. The SMILES string of the molecule is COc1c(C)cnc(/C=C/C2(C)Nc3ccccc3S2)c1C. The summed E-state index contributed by atoms with van der Waals surface area (Å²) < 4.78 is 5.47. The molecule has 1 unspecified atom stereocenters. The van der Waals surface area contributed by atoms with Crippen molar-refractivity contribution in [2.24, 2.45) is 0 Å². The van der Waals surface area contributed by atoms with E-state index in [-0.39, 0.29) is 4.87 Å². The molecule has 2 heterocycles. The van der Waals surface area contributed by atoms with Gasteiger partial charge in [-0.15, -0.1) is 0 Å². The fourth-order valence-corrected chi connectivity index (χ4v) is 3.84. The Hall–Kier alpha value is -1.94. The molecule has 1 aliphatic rings. The highest BCUT2D eigenvalue weighted by Crippen LogP contribution is 2.45. The van der Waals surface area contributed by atoms with Crippen LogP contribution in [0.4, 0.5) is 5.69 Å². The first-order chi connectivity index (χ1) is 10.5. The zero-order valence-corrected chi connectivity index (χ0v) is 14.1. The molecule has 22 heavy (non-hydrogen) atoms. The van der Waals surface area contributed by atoms with E-state index in [2.05, 4.69) is 53.6 Å². The van der Waals surface area contributed by atoms with Gasteiger partial charge in [-0.3, -0.25) is 4.98 Å². The van der Waals surface area contributed by atoms with E-state index in [1.807, 2.05) is 31.8 Å². The molecule has 1 atom stereocenters. The van der Waals surface area contributed by atoms with Gasteiger partial charge in [0.1, 0.15) is 10.6 Å². The number of fused-ring (bicyclic) bond motifs is 1. The van der Waals surface area contributed by atoms with Crippen LogP contribution in [0.2, 0.25) is 0 Å². The standard InChI is InChI=1S/C18H20N2OS/c1-12-11-19-14(13(2)17(12)21-4)9-10-18(3)20-15-7-5-6-8-16(15)22-18/h5-11,20H,1-4H3/b10-9+. The summed E-state index contributed by atoms with van der Waals surface area (Å²) in [7, 11) is 1.70. The number of hydrogen-bond donors (Lipinski definition) is 1. The minimum absolute atomic E-state index is 0.157.